The minimum atomic E-state index is -2.59. The average molecular weight is 478 g/mol. The lowest BCUT2D eigenvalue weighted by Crippen LogP contribution is -2.24. The number of carbonyl (C=O) groups is 1. The number of thiazole rings is 1. The van der Waals surface area contributed by atoms with E-state index in [4.69, 9.17) is 4.98 Å². The zero-order valence-electron chi connectivity index (χ0n) is 17.9. The number of aromatic carboxylic acids is 1. The number of rotatable bonds is 7. The fourth-order valence-corrected chi connectivity index (χ4v) is 5.94. The first kappa shape index (κ1) is 22.8. The van der Waals surface area contributed by atoms with Gasteiger partial charge in [0, 0.05) is 40.3 Å². The molecule has 0 aliphatic heterocycles. The van der Waals surface area contributed by atoms with Crippen LogP contribution in [0.15, 0.2) is 29.8 Å². The smallest absolute Gasteiger partial charge is 0.339 e. The Morgan fingerprint density at radius 2 is 2.09 bits per heavy atom. The number of anilines is 2. The van der Waals surface area contributed by atoms with Gasteiger partial charge in [0.15, 0.2) is 5.13 Å². The predicted octanol–water partition coefficient (Wildman–Crippen LogP) is 7.20. The predicted molar refractivity (Wildman–Crippen MR) is 125 cm³/mol. The number of hydrogen-bond acceptors (Lipinski definition) is 6. The summed E-state index contributed by atoms with van der Waals surface area (Å²) in [6.45, 7) is 4.22. The molecule has 2 N–H and O–H groups in total. The number of hydrogen-bond donors (Lipinski definition) is 2. The van der Waals surface area contributed by atoms with Gasteiger partial charge in [-0.15, -0.1) is 22.7 Å². The number of thiophene rings is 1. The quantitative estimate of drug-likeness (QED) is 0.376. The first-order chi connectivity index (χ1) is 15.2. The number of pyridine rings is 1. The Balaban J connectivity index is 1.63. The van der Waals surface area contributed by atoms with E-state index in [9.17, 15) is 18.7 Å². The van der Waals surface area contributed by atoms with Gasteiger partial charge in [0.1, 0.15) is 11.4 Å². The summed E-state index contributed by atoms with van der Waals surface area (Å²) in [4.78, 5) is 23.0. The summed E-state index contributed by atoms with van der Waals surface area (Å²) in [7, 11) is 0. The van der Waals surface area contributed by atoms with Crippen LogP contribution in [0, 0.1) is 5.92 Å². The zero-order chi connectivity index (χ0) is 22.9. The third-order valence-electron chi connectivity index (χ3n) is 5.57. The standard InChI is InChI=1S/C23H25F2N3O2S2/c1-13(2)10-18-19(14-5-7-23(24,25)8-6-14)27-22(32-18)28-20-16(21(29)30)11-15(12-26-20)17-4-3-9-31-17/h3-4,9,11-14H,5-8,10H2,1-2H3,(H,29,30)(H,26,27,28). The Kier molecular flexibility index (Phi) is 6.57. The molecule has 0 amide bonds. The molecule has 0 aromatic carbocycles. The van der Waals surface area contributed by atoms with Gasteiger partial charge in [-0.1, -0.05) is 19.9 Å². The lowest BCUT2D eigenvalue weighted by Gasteiger charge is -2.28. The van der Waals surface area contributed by atoms with Gasteiger partial charge in [0.2, 0.25) is 5.92 Å². The van der Waals surface area contributed by atoms with Crippen molar-refractivity contribution in [1.29, 1.82) is 0 Å². The van der Waals surface area contributed by atoms with Gasteiger partial charge in [-0.25, -0.2) is 23.5 Å². The van der Waals surface area contributed by atoms with Crippen LogP contribution in [0.4, 0.5) is 19.7 Å². The van der Waals surface area contributed by atoms with E-state index in [0.717, 1.165) is 27.4 Å². The van der Waals surface area contributed by atoms with Crippen molar-refractivity contribution in [1.82, 2.24) is 9.97 Å². The third kappa shape index (κ3) is 5.15. The molecule has 3 aromatic rings. The molecular weight excluding hydrogens is 452 g/mol. The molecule has 0 unspecified atom stereocenters. The van der Waals surface area contributed by atoms with Crippen LogP contribution in [0.5, 0.6) is 0 Å². The molecule has 0 saturated heterocycles. The van der Waals surface area contributed by atoms with Crippen molar-refractivity contribution in [3.8, 4) is 10.4 Å². The minimum Gasteiger partial charge on any atom is -0.478 e. The molecule has 1 aliphatic rings. The van der Waals surface area contributed by atoms with E-state index in [-0.39, 0.29) is 30.1 Å². The molecule has 0 bridgehead atoms. The number of carboxylic acids is 1. The van der Waals surface area contributed by atoms with Crippen LogP contribution >= 0.6 is 22.7 Å². The van der Waals surface area contributed by atoms with Crippen molar-refractivity contribution in [3.63, 3.8) is 0 Å². The van der Waals surface area contributed by atoms with E-state index in [2.05, 4.69) is 24.1 Å². The topological polar surface area (TPSA) is 75.1 Å². The van der Waals surface area contributed by atoms with Gasteiger partial charge in [-0.05, 0) is 42.7 Å². The fourth-order valence-electron chi connectivity index (χ4n) is 3.97. The molecule has 170 valence electrons. The van der Waals surface area contributed by atoms with Crippen LogP contribution in [0.2, 0.25) is 0 Å². The van der Waals surface area contributed by atoms with E-state index < -0.39 is 11.9 Å². The van der Waals surface area contributed by atoms with E-state index in [1.165, 1.54) is 22.7 Å². The van der Waals surface area contributed by atoms with Gasteiger partial charge < -0.3 is 10.4 Å². The van der Waals surface area contributed by atoms with Gasteiger partial charge in [-0.2, -0.15) is 0 Å². The Labute approximate surface area is 193 Å². The molecule has 4 rings (SSSR count). The first-order valence-electron chi connectivity index (χ1n) is 10.6. The van der Waals surface area contributed by atoms with Crippen molar-refractivity contribution >= 4 is 39.6 Å². The molecule has 3 heterocycles. The van der Waals surface area contributed by atoms with Crippen LogP contribution in [-0.2, 0) is 6.42 Å². The number of carboxylic acid groups (broad SMARTS) is 1. The van der Waals surface area contributed by atoms with E-state index in [1.807, 2.05) is 17.5 Å². The van der Waals surface area contributed by atoms with Crippen LogP contribution in [0.25, 0.3) is 10.4 Å². The molecule has 9 heteroatoms. The second kappa shape index (κ2) is 9.23. The molecule has 1 fully saturated rings. The molecule has 0 radical (unpaired) electrons. The van der Waals surface area contributed by atoms with Crippen LogP contribution in [0.1, 0.15) is 66.4 Å². The summed E-state index contributed by atoms with van der Waals surface area (Å²) in [5.41, 5.74) is 1.68. The number of alkyl halides is 2. The van der Waals surface area contributed by atoms with E-state index in [0.29, 0.717) is 23.9 Å². The highest BCUT2D eigenvalue weighted by atomic mass is 32.1. The second-order valence-corrected chi connectivity index (χ2v) is 10.6. The number of nitrogens with zero attached hydrogens (tertiary/aromatic N) is 2. The van der Waals surface area contributed by atoms with Crippen LogP contribution in [-0.4, -0.2) is 27.0 Å². The normalized spacial score (nSPS) is 16.4. The highest BCUT2D eigenvalue weighted by Gasteiger charge is 2.37. The molecule has 5 nitrogen and oxygen atoms in total. The average Bonchev–Trinajstić information content (AvgIpc) is 3.38. The Morgan fingerprint density at radius 3 is 2.72 bits per heavy atom. The Bertz CT molecular complexity index is 1090. The maximum Gasteiger partial charge on any atom is 0.339 e. The molecule has 3 aromatic heterocycles. The monoisotopic (exact) mass is 477 g/mol. The summed E-state index contributed by atoms with van der Waals surface area (Å²) in [6.07, 6.45) is 3.04. The van der Waals surface area contributed by atoms with Crippen molar-refractivity contribution in [2.24, 2.45) is 5.92 Å². The number of halogens is 2. The largest absolute Gasteiger partial charge is 0.478 e. The lowest BCUT2D eigenvalue weighted by atomic mass is 9.84. The zero-order valence-corrected chi connectivity index (χ0v) is 19.5. The molecular formula is C23H25F2N3O2S2. The maximum atomic E-state index is 13.7. The lowest BCUT2D eigenvalue weighted by molar-refractivity contribution is -0.0385. The van der Waals surface area contributed by atoms with E-state index in [1.54, 1.807) is 12.3 Å². The molecule has 0 spiro atoms. The summed E-state index contributed by atoms with van der Waals surface area (Å²) < 4.78 is 27.3. The highest BCUT2D eigenvalue weighted by molar-refractivity contribution is 7.15. The van der Waals surface area contributed by atoms with Crippen LogP contribution < -0.4 is 5.32 Å². The molecule has 1 saturated carbocycles. The summed E-state index contributed by atoms with van der Waals surface area (Å²) in [5, 5.41) is 15.3. The van der Waals surface area contributed by atoms with Crippen molar-refractivity contribution < 1.29 is 18.7 Å². The Morgan fingerprint density at radius 1 is 1.34 bits per heavy atom. The third-order valence-corrected chi connectivity index (χ3v) is 7.50. The van der Waals surface area contributed by atoms with Gasteiger partial charge in [0.25, 0.3) is 0 Å². The van der Waals surface area contributed by atoms with E-state index >= 15 is 0 Å². The minimum absolute atomic E-state index is 0.00304. The summed E-state index contributed by atoms with van der Waals surface area (Å²) in [6, 6.07) is 5.43. The van der Waals surface area contributed by atoms with Crippen LogP contribution in [0.3, 0.4) is 0 Å². The first-order valence-corrected chi connectivity index (χ1v) is 12.3. The number of nitrogens with one attached hydrogen (secondary N) is 1. The van der Waals surface area contributed by atoms with Crippen molar-refractivity contribution in [2.45, 2.75) is 57.8 Å². The summed E-state index contributed by atoms with van der Waals surface area (Å²) >= 11 is 2.97. The molecule has 1 aliphatic carbocycles. The molecule has 32 heavy (non-hydrogen) atoms. The Hall–Kier alpha value is -2.39. The number of aromatic nitrogens is 2. The maximum absolute atomic E-state index is 13.7. The second-order valence-electron chi connectivity index (χ2n) is 8.58. The fraction of sp³-hybridized carbons (Fsp3) is 0.435. The summed E-state index contributed by atoms with van der Waals surface area (Å²) in [5.74, 6) is -3.04. The van der Waals surface area contributed by atoms with Gasteiger partial charge in [-0.3, -0.25) is 0 Å². The van der Waals surface area contributed by atoms with Crippen molar-refractivity contribution in [3.05, 3.63) is 45.9 Å². The highest BCUT2D eigenvalue weighted by Crippen LogP contribution is 2.44. The van der Waals surface area contributed by atoms with Gasteiger partial charge in [0.05, 0.1) is 5.69 Å². The van der Waals surface area contributed by atoms with Gasteiger partial charge >= 0.3 is 5.97 Å². The SMILES string of the molecule is CC(C)Cc1sc(Nc2ncc(-c3cccs3)cc2C(=O)O)nc1C1CCC(F)(F)CC1. The van der Waals surface area contributed by atoms with Crippen molar-refractivity contribution in [2.75, 3.05) is 5.32 Å². The molecule has 0 atom stereocenters.